The summed E-state index contributed by atoms with van der Waals surface area (Å²) in [4.78, 5) is 43.5. The van der Waals surface area contributed by atoms with Gasteiger partial charge in [-0.25, -0.2) is 4.79 Å². The Labute approximate surface area is 282 Å². The van der Waals surface area contributed by atoms with Crippen molar-refractivity contribution >= 4 is 51.8 Å². The van der Waals surface area contributed by atoms with E-state index in [0.717, 1.165) is 53.8 Å². The molecule has 0 spiro atoms. The van der Waals surface area contributed by atoms with Gasteiger partial charge in [-0.05, 0) is 59.0 Å². The number of hydrogen-bond donors (Lipinski definition) is 4. The van der Waals surface area contributed by atoms with E-state index in [1.165, 1.54) is 38.2 Å². The van der Waals surface area contributed by atoms with Crippen LogP contribution in [0.1, 0.15) is 43.2 Å². The van der Waals surface area contributed by atoms with Crippen LogP contribution in [0.2, 0.25) is 0 Å². The number of fused-ring (bicyclic) bond motifs is 1. The maximum Gasteiger partial charge on any atom is 0.319 e. The first-order valence-corrected chi connectivity index (χ1v) is 16.9. The van der Waals surface area contributed by atoms with Crippen LogP contribution in [0.5, 0.6) is 0 Å². The number of carbonyl (C=O) groups excluding carboxylic acids is 3. The third kappa shape index (κ3) is 8.60. The third-order valence-corrected chi connectivity index (χ3v) is 9.39. The number of rotatable bonds is 10. The van der Waals surface area contributed by atoms with Crippen molar-refractivity contribution in [1.29, 1.82) is 0 Å². The van der Waals surface area contributed by atoms with Gasteiger partial charge in [-0.3, -0.25) is 14.5 Å². The number of nitrogens with zero attached hydrogens (tertiary/aromatic N) is 2. The molecular formula is C39H44N6O3. The Kier molecular flexibility index (Phi) is 10.7. The molecule has 0 bridgehead atoms. The standard InChI is InChI=1S/C39H44N6O3/c40-38(47)35(26-29-15-17-30-11-7-8-12-31(30)25-29)43-39(48)41-32-18-19-36(45-23-21-44(22-24-45)33-13-5-2-6-14-33)34(27-32)42-37(46)20-16-28-9-3-1-4-10-28/h1,3-4,7-12,15-20,25,27,33,35H,2,5-6,13-14,21-24,26H2,(H2,40,47)(H,42,46)(H2,41,43,48). The molecule has 248 valence electrons. The van der Waals surface area contributed by atoms with Crippen molar-refractivity contribution in [2.24, 2.45) is 5.73 Å². The largest absolute Gasteiger partial charge is 0.368 e. The quantitative estimate of drug-likeness (QED) is 0.154. The maximum atomic E-state index is 13.2. The average Bonchev–Trinajstić information content (AvgIpc) is 3.11. The van der Waals surface area contributed by atoms with Crippen LogP contribution in [-0.2, 0) is 16.0 Å². The van der Waals surface area contributed by atoms with E-state index in [9.17, 15) is 14.4 Å². The molecule has 1 unspecified atom stereocenters. The highest BCUT2D eigenvalue weighted by Crippen LogP contribution is 2.32. The maximum absolute atomic E-state index is 13.2. The molecule has 1 heterocycles. The van der Waals surface area contributed by atoms with Gasteiger partial charge < -0.3 is 26.6 Å². The zero-order valence-corrected chi connectivity index (χ0v) is 27.2. The summed E-state index contributed by atoms with van der Waals surface area (Å²) in [6, 6.07) is 28.3. The second-order valence-electron chi connectivity index (χ2n) is 12.7. The highest BCUT2D eigenvalue weighted by atomic mass is 16.2. The first-order chi connectivity index (χ1) is 23.4. The molecule has 1 saturated carbocycles. The molecule has 1 saturated heterocycles. The summed E-state index contributed by atoms with van der Waals surface area (Å²) in [6.07, 6.45) is 10.0. The minimum Gasteiger partial charge on any atom is -0.368 e. The zero-order valence-electron chi connectivity index (χ0n) is 27.2. The van der Waals surface area contributed by atoms with Gasteiger partial charge >= 0.3 is 6.03 Å². The van der Waals surface area contributed by atoms with Crippen molar-refractivity contribution in [3.05, 3.63) is 108 Å². The van der Waals surface area contributed by atoms with Crippen LogP contribution in [0, 0.1) is 0 Å². The molecule has 1 aliphatic carbocycles. The lowest BCUT2D eigenvalue weighted by Crippen LogP contribution is -2.51. The Morgan fingerprint density at radius 3 is 2.27 bits per heavy atom. The molecule has 6 rings (SSSR count). The Morgan fingerprint density at radius 2 is 1.52 bits per heavy atom. The van der Waals surface area contributed by atoms with Crippen LogP contribution in [0.25, 0.3) is 16.8 Å². The van der Waals surface area contributed by atoms with E-state index in [0.29, 0.717) is 17.4 Å². The van der Waals surface area contributed by atoms with Gasteiger partial charge in [0.15, 0.2) is 0 Å². The van der Waals surface area contributed by atoms with Gasteiger partial charge in [0.1, 0.15) is 6.04 Å². The van der Waals surface area contributed by atoms with E-state index in [4.69, 9.17) is 5.73 Å². The Hall–Kier alpha value is -5.15. The van der Waals surface area contributed by atoms with Gasteiger partial charge in [-0.15, -0.1) is 0 Å². The number of nitrogens with one attached hydrogen (secondary N) is 3. The predicted octanol–water partition coefficient (Wildman–Crippen LogP) is 6.16. The first kappa shape index (κ1) is 32.8. The minimum absolute atomic E-state index is 0.258. The molecule has 1 aliphatic heterocycles. The summed E-state index contributed by atoms with van der Waals surface area (Å²) in [7, 11) is 0. The predicted molar refractivity (Wildman–Crippen MR) is 194 cm³/mol. The van der Waals surface area contributed by atoms with E-state index in [1.807, 2.05) is 84.9 Å². The van der Waals surface area contributed by atoms with Crippen molar-refractivity contribution in [1.82, 2.24) is 10.2 Å². The summed E-state index contributed by atoms with van der Waals surface area (Å²) in [5, 5.41) is 10.8. The highest BCUT2D eigenvalue weighted by Gasteiger charge is 2.26. The van der Waals surface area contributed by atoms with Crippen molar-refractivity contribution in [3.8, 4) is 0 Å². The molecule has 4 amide bonds. The SMILES string of the molecule is NC(=O)C(Cc1ccc2ccccc2c1)NC(=O)Nc1ccc(N2CCN(C3CCCCC3)CC2)c(NC(=O)C=Cc2ccccc2)c1. The Bertz CT molecular complexity index is 1760. The lowest BCUT2D eigenvalue weighted by atomic mass is 9.94. The molecule has 2 aliphatic rings. The zero-order chi connectivity index (χ0) is 33.3. The molecule has 0 aromatic heterocycles. The topological polar surface area (TPSA) is 120 Å². The number of hydrogen-bond acceptors (Lipinski definition) is 5. The highest BCUT2D eigenvalue weighted by molar-refractivity contribution is 6.04. The van der Waals surface area contributed by atoms with Crippen LogP contribution in [0.4, 0.5) is 21.9 Å². The number of benzene rings is 4. The molecule has 1 atom stereocenters. The fourth-order valence-electron chi connectivity index (χ4n) is 6.82. The van der Waals surface area contributed by atoms with E-state index in [2.05, 4.69) is 25.8 Å². The van der Waals surface area contributed by atoms with Gasteiger partial charge in [-0.1, -0.05) is 92.1 Å². The van der Waals surface area contributed by atoms with Crippen LogP contribution in [-0.4, -0.2) is 61.0 Å². The van der Waals surface area contributed by atoms with E-state index < -0.39 is 18.0 Å². The lowest BCUT2D eigenvalue weighted by Gasteiger charge is -2.42. The van der Waals surface area contributed by atoms with E-state index in [1.54, 1.807) is 12.1 Å². The number of carbonyl (C=O) groups is 3. The van der Waals surface area contributed by atoms with E-state index >= 15 is 0 Å². The second kappa shape index (κ2) is 15.6. The van der Waals surface area contributed by atoms with Crippen LogP contribution in [0.15, 0.2) is 97.1 Å². The minimum atomic E-state index is -0.909. The van der Waals surface area contributed by atoms with Crippen molar-refractivity contribution in [3.63, 3.8) is 0 Å². The first-order valence-electron chi connectivity index (χ1n) is 16.9. The smallest absolute Gasteiger partial charge is 0.319 e. The molecule has 2 fully saturated rings. The molecule has 0 radical (unpaired) electrons. The number of urea groups is 1. The van der Waals surface area contributed by atoms with Crippen LogP contribution in [0.3, 0.4) is 0 Å². The van der Waals surface area contributed by atoms with E-state index in [-0.39, 0.29) is 12.3 Å². The average molecular weight is 645 g/mol. The normalized spacial score (nSPS) is 16.5. The van der Waals surface area contributed by atoms with Crippen LogP contribution < -0.4 is 26.6 Å². The van der Waals surface area contributed by atoms with Crippen molar-refractivity contribution < 1.29 is 14.4 Å². The number of nitrogens with two attached hydrogens (primary N) is 1. The van der Waals surface area contributed by atoms with Crippen molar-refractivity contribution in [2.45, 2.75) is 50.6 Å². The van der Waals surface area contributed by atoms with Gasteiger partial charge in [0.05, 0.1) is 11.4 Å². The Morgan fingerprint density at radius 1 is 0.792 bits per heavy atom. The summed E-state index contributed by atoms with van der Waals surface area (Å²) < 4.78 is 0. The van der Waals surface area contributed by atoms with Gasteiger partial charge in [-0.2, -0.15) is 0 Å². The molecule has 48 heavy (non-hydrogen) atoms. The fourth-order valence-corrected chi connectivity index (χ4v) is 6.82. The molecule has 4 aromatic rings. The summed E-state index contributed by atoms with van der Waals surface area (Å²) in [6.45, 7) is 3.64. The molecule has 9 heteroatoms. The fraction of sp³-hybridized carbons (Fsp3) is 0.308. The number of piperazine rings is 1. The van der Waals surface area contributed by atoms with Gasteiger partial charge in [0.2, 0.25) is 11.8 Å². The molecule has 5 N–H and O–H groups in total. The number of primary amides is 1. The van der Waals surface area contributed by atoms with Crippen LogP contribution >= 0.6 is 0 Å². The summed E-state index contributed by atoms with van der Waals surface area (Å²) in [5.41, 5.74) is 9.50. The second-order valence-corrected chi connectivity index (χ2v) is 12.7. The number of amides is 4. The number of anilines is 3. The van der Waals surface area contributed by atoms with Crippen molar-refractivity contribution in [2.75, 3.05) is 41.7 Å². The van der Waals surface area contributed by atoms with Gasteiger partial charge in [0, 0.05) is 50.4 Å². The molecular weight excluding hydrogens is 600 g/mol. The monoisotopic (exact) mass is 644 g/mol. The van der Waals surface area contributed by atoms with Gasteiger partial charge in [0.25, 0.3) is 0 Å². The lowest BCUT2D eigenvalue weighted by molar-refractivity contribution is -0.119. The molecule has 9 nitrogen and oxygen atoms in total. The Balaban J connectivity index is 1.15. The summed E-state index contributed by atoms with van der Waals surface area (Å²) in [5.74, 6) is -0.897. The molecule has 4 aromatic carbocycles. The summed E-state index contributed by atoms with van der Waals surface area (Å²) >= 11 is 0. The third-order valence-electron chi connectivity index (χ3n) is 9.39.